The summed E-state index contributed by atoms with van der Waals surface area (Å²) in [5.41, 5.74) is 4.59. The van der Waals surface area contributed by atoms with E-state index in [1.54, 1.807) is 6.07 Å². The van der Waals surface area contributed by atoms with Gasteiger partial charge in [-0.25, -0.2) is 0 Å². The van der Waals surface area contributed by atoms with Crippen LogP contribution >= 0.6 is 0 Å². The highest BCUT2D eigenvalue weighted by atomic mass is 16.3. The summed E-state index contributed by atoms with van der Waals surface area (Å²) in [6, 6.07) is 31.8. The molecular formula is C42H26O. The molecule has 0 amide bonds. The van der Waals surface area contributed by atoms with Crippen LogP contribution in [0.4, 0.5) is 0 Å². The fraction of sp³-hybridized carbons (Fsp3) is 0. The third-order valence-electron chi connectivity index (χ3n) is 8.31. The molecule has 0 saturated heterocycles. The molecule has 0 aliphatic heterocycles. The van der Waals surface area contributed by atoms with Gasteiger partial charge in [0.15, 0.2) is 0 Å². The first-order valence-electron chi connectivity index (χ1n) is 18.1. The molecule has 0 aliphatic carbocycles. The van der Waals surface area contributed by atoms with Gasteiger partial charge in [-0.1, -0.05) is 151 Å². The minimum Gasteiger partial charge on any atom is -0.455 e. The molecule has 8 aromatic carbocycles. The number of benzene rings is 8. The Morgan fingerprint density at radius 3 is 1.72 bits per heavy atom. The van der Waals surface area contributed by atoms with Crippen molar-refractivity contribution in [3.63, 3.8) is 0 Å². The maximum atomic E-state index is 9.33. The molecule has 0 N–H and O–H groups in total. The molecule has 9 aromatic rings. The number of rotatable bonds is 3. The minimum atomic E-state index is -0.443. The predicted molar refractivity (Wildman–Crippen MR) is 183 cm³/mol. The van der Waals surface area contributed by atoms with Crippen molar-refractivity contribution in [2.75, 3.05) is 0 Å². The van der Waals surface area contributed by atoms with E-state index in [1.165, 1.54) is 0 Å². The molecule has 0 saturated carbocycles. The molecule has 0 fully saturated rings. The zero-order valence-electron chi connectivity index (χ0n) is 30.8. The van der Waals surface area contributed by atoms with Crippen molar-refractivity contribution < 1.29 is 15.4 Å². The highest BCUT2D eigenvalue weighted by Gasteiger charge is 2.20. The quantitative estimate of drug-likeness (QED) is 0.198. The van der Waals surface area contributed by atoms with Crippen LogP contribution in [0.25, 0.3) is 87.6 Å². The molecule has 1 heteroatoms. The Kier molecular flexibility index (Phi) is 3.80. The Balaban J connectivity index is 1.50. The van der Waals surface area contributed by atoms with E-state index in [-0.39, 0.29) is 51.3 Å². The second-order valence-electron chi connectivity index (χ2n) is 10.6. The lowest BCUT2D eigenvalue weighted by Gasteiger charge is -2.18. The summed E-state index contributed by atoms with van der Waals surface area (Å²) < 4.78 is 78.8. The molecule has 0 aliphatic rings. The largest absolute Gasteiger partial charge is 0.455 e. The van der Waals surface area contributed by atoms with E-state index >= 15 is 0 Å². The minimum absolute atomic E-state index is 0.151. The summed E-state index contributed by atoms with van der Waals surface area (Å²) >= 11 is 0. The van der Waals surface area contributed by atoms with Crippen LogP contribution in [0, 0.1) is 0 Å². The predicted octanol–water partition coefficient (Wildman–Crippen LogP) is 12.0. The fourth-order valence-electron chi connectivity index (χ4n) is 6.41. The van der Waals surface area contributed by atoms with Gasteiger partial charge in [0.2, 0.25) is 0 Å². The van der Waals surface area contributed by atoms with Crippen LogP contribution < -0.4 is 0 Å². The molecule has 0 bridgehead atoms. The van der Waals surface area contributed by atoms with Gasteiger partial charge in [-0.15, -0.1) is 0 Å². The first kappa shape index (κ1) is 17.3. The SMILES string of the molecule is [2H]c1c([2H])c([2H])c2c(-c3cccc4c3oc3ccc5ccccc5c34)c3c([2H])c([2H])c([2H])c([2H])c3c(-c3ccc(-c4ccccc4)cc3)c2c1[2H]. The van der Waals surface area contributed by atoms with Gasteiger partial charge in [-0.2, -0.15) is 0 Å². The average molecular weight is 555 g/mol. The first-order chi connectivity index (χ1) is 24.7. The Labute approximate surface area is 260 Å². The number of fused-ring (bicyclic) bond motifs is 7. The smallest absolute Gasteiger partial charge is 0.143 e. The second kappa shape index (κ2) is 9.44. The molecule has 43 heavy (non-hydrogen) atoms. The van der Waals surface area contributed by atoms with E-state index in [1.807, 2.05) is 103 Å². The normalized spacial score (nSPS) is 14.3. The van der Waals surface area contributed by atoms with Crippen LogP contribution in [0.5, 0.6) is 0 Å². The summed E-state index contributed by atoms with van der Waals surface area (Å²) in [5.74, 6) is 0. The summed E-state index contributed by atoms with van der Waals surface area (Å²) in [6.45, 7) is 0. The van der Waals surface area contributed by atoms with Crippen LogP contribution in [0.3, 0.4) is 0 Å². The first-order valence-corrected chi connectivity index (χ1v) is 14.1. The van der Waals surface area contributed by atoms with Gasteiger partial charge in [0.05, 0.1) is 11.0 Å². The molecular weight excluding hydrogens is 520 g/mol. The zero-order chi connectivity index (χ0) is 35.3. The van der Waals surface area contributed by atoms with Crippen LogP contribution in [0.1, 0.15) is 11.0 Å². The van der Waals surface area contributed by atoms with Gasteiger partial charge >= 0.3 is 0 Å². The lowest BCUT2D eigenvalue weighted by molar-refractivity contribution is 0.670. The highest BCUT2D eigenvalue weighted by molar-refractivity contribution is 6.26. The summed E-state index contributed by atoms with van der Waals surface area (Å²) in [7, 11) is 0. The number of hydrogen-bond acceptors (Lipinski definition) is 1. The van der Waals surface area contributed by atoms with Gasteiger partial charge in [0, 0.05) is 21.9 Å². The lowest BCUT2D eigenvalue weighted by Crippen LogP contribution is -1.91. The van der Waals surface area contributed by atoms with E-state index in [9.17, 15) is 5.48 Å². The molecule has 0 spiro atoms. The van der Waals surface area contributed by atoms with Crippen molar-refractivity contribution in [2.45, 2.75) is 0 Å². The monoisotopic (exact) mass is 554 g/mol. The standard InChI is InChI=1S/C42H26O/c1-2-11-27(12-3-1)28-21-23-30(24-22-28)39-32-15-6-8-17-34(32)40(35-18-9-7-16-33(35)39)36-19-10-20-37-41-31-14-5-4-13-29(31)25-26-38(41)43-42(36)37/h1-26H/i6D,7D,8D,9D,15D,16D,17D,18D. The van der Waals surface area contributed by atoms with Gasteiger partial charge in [0.25, 0.3) is 0 Å². The lowest BCUT2D eigenvalue weighted by atomic mass is 9.85. The molecule has 1 nitrogen and oxygen atoms in total. The van der Waals surface area contributed by atoms with Crippen molar-refractivity contribution in [2.24, 2.45) is 0 Å². The van der Waals surface area contributed by atoms with Gasteiger partial charge in [-0.05, 0) is 60.6 Å². The van der Waals surface area contributed by atoms with E-state index in [2.05, 4.69) is 0 Å². The average Bonchev–Trinajstić information content (AvgIpc) is 3.56. The summed E-state index contributed by atoms with van der Waals surface area (Å²) in [5, 5.41) is 4.31. The highest BCUT2D eigenvalue weighted by Crippen LogP contribution is 2.47. The zero-order valence-corrected chi connectivity index (χ0v) is 22.8. The number of furan rings is 1. The Morgan fingerprint density at radius 2 is 1.00 bits per heavy atom. The Bertz CT molecular complexity index is 2850. The summed E-state index contributed by atoms with van der Waals surface area (Å²) in [6.07, 6.45) is 0. The molecule has 9 rings (SSSR count). The third-order valence-corrected chi connectivity index (χ3v) is 8.31. The van der Waals surface area contributed by atoms with E-state index in [4.69, 9.17) is 9.90 Å². The Morgan fingerprint density at radius 1 is 0.419 bits per heavy atom. The topological polar surface area (TPSA) is 13.1 Å². The molecule has 0 radical (unpaired) electrons. The van der Waals surface area contributed by atoms with Crippen LogP contribution in [-0.4, -0.2) is 0 Å². The molecule has 1 heterocycles. The molecule has 200 valence electrons. The van der Waals surface area contributed by atoms with Crippen LogP contribution in [0.2, 0.25) is 0 Å². The van der Waals surface area contributed by atoms with Crippen molar-refractivity contribution >= 4 is 54.3 Å². The van der Waals surface area contributed by atoms with E-state index in [0.29, 0.717) is 27.9 Å². The van der Waals surface area contributed by atoms with Crippen molar-refractivity contribution in [1.29, 1.82) is 0 Å². The van der Waals surface area contributed by atoms with Gasteiger partial charge in [-0.3, -0.25) is 0 Å². The van der Waals surface area contributed by atoms with Gasteiger partial charge in [0.1, 0.15) is 11.2 Å². The molecule has 1 aromatic heterocycles. The van der Waals surface area contributed by atoms with E-state index in [0.717, 1.165) is 32.7 Å². The number of para-hydroxylation sites is 1. The Hall–Kier alpha value is -5.66. The maximum absolute atomic E-state index is 9.33. The van der Waals surface area contributed by atoms with Crippen molar-refractivity contribution in [3.8, 4) is 33.4 Å². The third kappa shape index (κ3) is 3.65. The molecule has 0 unspecified atom stereocenters. The maximum Gasteiger partial charge on any atom is 0.143 e. The van der Waals surface area contributed by atoms with Crippen LogP contribution in [0.15, 0.2) is 162 Å². The van der Waals surface area contributed by atoms with Crippen molar-refractivity contribution in [3.05, 3.63) is 158 Å². The summed E-state index contributed by atoms with van der Waals surface area (Å²) in [4.78, 5) is 0. The fourth-order valence-corrected chi connectivity index (χ4v) is 6.41. The van der Waals surface area contributed by atoms with Gasteiger partial charge < -0.3 is 4.42 Å². The molecule has 0 atom stereocenters. The number of hydrogen-bond donors (Lipinski definition) is 0. The van der Waals surface area contributed by atoms with E-state index < -0.39 is 24.2 Å². The second-order valence-corrected chi connectivity index (χ2v) is 10.6. The van der Waals surface area contributed by atoms with Crippen LogP contribution in [-0.2, 0) is 0 Å². The van der Waals surface area contributed by atoms with Crippen molar-refractivity contribution in [1.82, 2.24) is 0 Å².